The molecule has 0 spiro atoms. The second kappa shape index (κ2) is 5.73. The Morgan fingerprint density at radius 1 is 1.21 bits per heavy atom. The maximum atomic E-state index is 13.4. The van der Waals surface area contributed by atoms with Gasteiger partial charge in [-0.1, -0.05) is 6.92 Å². The molecule has 19 heavy (non-hydrogen) atoms. The van der Waals surface area contributed by atoms with Crippen LogP contribution < -0.4 is 5.32 Å². The van der Waals surface area contributed by atoms with Crippen LogP contribution >= 0.6 is 0 Å². The van der Waals surface area contributed by atoms with Crippen molar-refractivity contribution in [1.82, 2.24) is 9.88 Å². The standard InChI is InChI=1S/C12H15F4N3/c1-2-19-5-3-4-7(19)6-17-10-8(13)11(15)18-12(16)9(10)14/h7H,2-6H2,1H3,(H,17,18). The molecule has 7 heteroatoms. The van der Waals surface area contributed by atoms with Gasteiger partial charge in [-0.15, -0.1) is 0 Å². The number of nitrogens with one attached hydrogen (secondary N) is 1. The molecule has 2 rings (SSSR count). The van der Waals surface area contributed by atoms with Crippen LogP contribution in [0.2, 0.25) is 0 Å². The maximum absolute atomic E-state index is 13.4. The zero-order valence-corrected chi connectivity index (χ0v) is 10.5. The molecule has 0 aromatic carbocycles. The Bertz CT molecular complexity index is 441. The number of nitrogens with zero attached hydrogens (tertiary/aromatic N) is 2. The number of rotatable bonds is 4. The van der Waals surface area contributed by atoms with Crippen molar-refractivity contribution in [3.63, 3.8) is 0 Å². The van der Waals surface area contributed by atoms with Crippen LogP contribution in [0.4, 0.5) is 23.2 Å². The zero-order chi connectivity index (χ0) is 14.0. The molecule has 1 atom stereocenters. The van der Waals surface area contributed by atoms with E-state index in [1.54, 1.807) is 0 Å². The average molecular weight is 277 g/mol. The summed E-state index contributed by atoms with van der Waals surface area (Å²) in [7, 11) is 0. The molecule has 0 amide bonds. The van der Waals surface area contributed by atoms with E-state index in [-0.39, 0.29) is 12.6 Å². The number of anilines is 1. The predicted molar refractivity (Wildman–Crippen MR) is 62.8 cm³/mol. The van der Waals surface area contributed by atoms with Crippen molar-refractivity contribution in [3.05, 3.63) is 23.5 Å². The van der Waals surface area contributed by atoms with Crippen LogP contribution in [0.1, 0.15) is 19.8 Å². The summed E-state index contributed by atoms with van der Waals surface area (Å²) in [5.41, 5.74) is -0.784. The third kappa shape index (κ3) is 2.80. The highest BCUT2D eigenvalue weighted by Gasteiger charge is 2.25. The van der Waals surface area contributed by atoms with Crippen molar-refractivity contribution in [2.24, 2.45) is 0 Å². The molecule has 1 N–H and O–H groups in total. The Kier molecular flexibility index (Phi) is 4.24. The Balaban J connectivity index is 2.11. The summed E-state index contributed by atoms with van der Waals surface area (Å²) in [4.78, 5) is 4.66. The molecule has 0 saturated carbocycles. The number of pyridine rings is 1. The van der Waals surface area contributed by atoms with Crippen molar-refractivity contribution >= 4 is 5.69 Å². The monoisotopic (exact) mass is 277 g/mol. The Morgan fingerprint density at radius 3 is 2.42 bits per heavy atom. The van der Waals surface area contributed by atoms with Crippen molar-refractivity contribution in [2.75, 3.05) is 25.0 Å². The lowest BCUT2D eigenvalue weighted by molar-refractivity contribution is 0.276. The first kappa shape index (κ1) is 14.0. The summed E-state index contributed by atoms with van der Waals surface area (Å²) in [6.07, 6.45) is 1.89. The molecule has 1 aliphatic heterocycles. The highest BCUT2D eigenvalue weighted by molar-refractivity contribution is 5.45. The van der Waals surface area contributed by atoms with Crippen LogP contribution in [0.5, 0.6) is 0 Å². The Hall–Kier alpha value is -1.37. The van der Waals surface area contributed by atoms with Gasteiger partial charge in [0, 0.05) is 12.6 Å². The van der Waals surface area contributed by atoms with E-state index in [1.165, 1.54) is 0 Å². The number of likely N-dealkylation sites (tertiary alicyclic amines) is 1. The van der Waals surface area contributed by atoms with Gasteiger partial charge in [0.15, 0.2) is 0 Å². The summed E-state index contributed by atoms with van der Waals surface area (Å²) >= 11 is 0. The first-order chi connectivity index (χ1) is 9.04. The van der Waals surface area contributed by atoms with E-state index in [1.807, 2.05) is 6.92 Å². The van der Waals surface area contributed by atoms with E-state index in [9.17, 15) is 17.6 Å². The summed E-state index contributed by atoms with van der Waals surface area (Å²) in [5, 5.41) is 2.46. The lowest BCUT2D eigenvalue weighted by atomic mass is 10.2. The van der Waals surface area contributed by atoms with E-state index < -0.39 is 29.2 Å². The molecule has 0 aliphatic carbocycles. The number of aromatic nitrogens is 1. The van der Waals surface area contributed by atoms with E-state index >= 15 is 0 Å². The molecule has 1 unspecified atom stereocenters. The summed E-state index contributed by atoms with van der Waals surface area (Å²) < 4.78 is 52.6. The lowest BCUT2D eigenvalue weighted by Crippen LogP contribution is -2.35. The fraction of sp³-hybridized carbons (Fsp3) is 0.583. The van der Waals surface area contributed by atoms with E-state index in [4.69, 9.17) is 0 Å². The van der Waals surface area contributed by atoms with Crippen LogP contribution in [-0.2, 0) is 0 Å². The van der Waals surface area contributed by atoms with E-state index in [0.29, 0.717) is 0 Å². The van der Waals surface area contributed by atoms with Crippen molar-refractivity contribution < 1.29 is 17.6 Å². The quantitative estimate of drug-likeness (QED) is 0.677. The Labute approximate surface area is 108 Å². The minimum Gasteiger partial charge on any atom is -0.378 e. The summed E-state index contributed by atoms with van der Waals surface area (Å²) in [5.74, 6) is -6.25. The highest BCUT2D eigenvalue weighted by atomic mass is 19.2. The number of hydrogen-bond acceptors (Lipinski definition) is 3. The number of halogens is 4. The van der Waals surface area contributed by atoms with Crippen molar-refractivity contribution in [1.29, 1.82) is 0 Å². The normalized spacial score (nSPS) is 19.9. The molecular weight excluding hydrogens is 262 g/mol. The third-order valence-corrected chi connectivity index (χ3v) is 3.42. The van der Waals surface area contributed by atoms with E-state index in [2.05, 4.69) is 15.2 Å². The molecule has 1 aliphatic rings. The molecule has 106 valence electrons. The molecule has 1 fully saturated rings. The maximum Gasteiger partial charge on any atom is 0.253 e. The van der Waals surface area contributed by atoms with Gasteiger partial charge in [0.25, 0.3) is 11.9 Å². The van der Waals surface area contributed by atoms with Crippen molar-refractivity contribution in [2.45, 2.75) is 25.8 Å². The minimum atomic E-state index is -1.64. The van der Waals surface area contributed by atoms with Gasteiger partial charge in [-0.05, 0) is 25.9 Å². The van der Waals surface area contributed by atoms with Gasteiger partial charge in [0.1, 0.15) is 5.69 Å². The molecular formula is C12H15F4N3. The largest absolute Gasteiger partial charge is 0.378 e. The molecule has 1 saturated heterocycles. The number of likely N-dealkylation sites (N-methyl/N-ethyl adjacent to an activating group) is 1. The molecule has 3 nitrogen and oxygen atoms in total. The van der Waals surface area contributed by atoms with Gasteiger partial charge >= 0.3 is 0 Å². The van der Waals surface area contributed by atoms with Gasteiger partial charge in [-0.2, -0.15) is 22.5 Å². The lowest BCUT2D eigenvalue weighted by Gasteiger charge is -2.23. The fourth-order valence-electron chi connectivity index (χ4n) is 2.40. The first-order valence-corrected chi connectivity index (χ1v) is 6.22. The zero-order valence-electron chi connectivity index (χ0n) is 10.5. The topological polar surface area (TPSA) is 28.2 Å². The fourth-order valence-corrected chi connectivity index (χ4v) is 2.40. The SMILES string of the molecule is CCN1CCCC1CNc1c(F)c(F)nc(F)c1F. The van der Waals surface area contributed by atoms with Crippen LogP contribution in [0.25, 0.3) is 0 Å². The highest BCUT2D eigenvalue weighted by Crippen LogP contribution is 2.23. The third-order valence-electron chi connectivity index (χ3n) is 3.42. The van der Waals surface area contributed by atoms with Gasteiger partial charge in [0.2, 0.25) is 11.6 Å². The molecule has 1 aromatic rings. The van der Waals surface area contributed by atoms with Gasteiger partial charge < -0.3 is 5.32 Å². The molecule has 2 heterocycles. The van der Waals surface area contributed by atoms with E-state index in [0.717, 1.165) is 25.9 Å². The van der Waals surface area contributed by atoms with Crippen LogP contribution in [0.3, 0.4) is 0 Å². The van der Waals surface area contributed by atoms with Gasteiger partial charge in [-0.25, -0.2) is 0 Å². The molecule has 0 bridgehead atoms. The average Bonchev–Trinajstić information content (AvgIpc) is 2.84. The smallest absolute Gasteiger partial charge is 0.253 e. The van der Waals surface area contributed by atoms with Crippen molar-refractivity contribution in [3.8, 4) is 0 Å². The Morgan fingerprint density at radius 2 is 1.84 bits per heavy atom. The second-order valence-electron chi connectivity index (χ2n) is 4.50. The molecule has 1 aromatic heterocycles. The summed E-state index contributed by atoms with van der Waals surface area (Å²) in [6.45, 7) is 3.99. The molecule has 0 radical (unpaired) electrons. The van der Waals surface area contributed by atoms with Gasteiger partial charge in [0.05, 0.1) is 0 Å². The predicted octanol–water partition coefficient (Wildman–Crippen LogP) is 2.53. The summed E-state index contributed by atoms with van der Waals surface area (Å²) in [6, 6.07) is 0.114. The first-order valence-electron chi connectivity index (χ1n) is 6.22. The number of hydrogen-bond donors (Lipinski definition) is 1. The van der Waals surface area contributed by atoms with Crippen LogP contribution in [0, 0.1) is 23.5 Å². The van der Waals surface area contributed by atoms with Crippen LogP contribution in [-0.4, -0.2) is 35.6 Å². The second-order valence-corrected chi connectivity index (χ2v) is 4.50. The minimum absolute atomic E-state index is 0.114. The van der Waals surface area contributed by atoms with Crippen LogP contribution in [0.15, 0.2) is 0 Å². The van der Waals surface area contributed by atoms with Gasteiger partial charge in [-0.3, -0.25) is 4.90 Å².